The minimum Gasteiger partial charge on any atom is -0.497 e. The summed E-state index contributed by atoms with van der Waals surface area (Å²) in [6.45, 7) is 0. The molecule has 0 bridgehead atoms. The lowest BCUT2D eigenvalue weighted by Crippen LogP contribution is -2.49. The van der Waals surface area contributed by atoms with Crippen molar-refractivity contribution in [3.8, 4) is 11.5 Å². The van der Waals surface area contributed by atoms with Crippen molar-refractivity contribution in [1.82, 2.24) is 10.6 Å². The SMILES string of the molecule is COc1cccc(C2CCC(=O)CC2)c1.COc1cccc(C2CCC3(CC2)NC(=O)NC3=O)c1.[3HH]. The van der Waals surface area contributed by atoms with Crippen LogP contribution in [-0.4, -0.2) is 37.5 Å². The molecule has 1 saturated heterocycles. The third-order valence-electron chi connectivity index (χ3n) is 7.53. The van der Waals surface area contributed by atoms with Crippen LogP contribution in [0.5, 0.6) is 11.5 Å². The molecule has 3 aliphatic rings. The maximum atomic E-state index is 11.9. The van der Waals surface area contributed by atoms with Gasteiger partial charge >= 0.3 is 6.03 Å². The van der Waals surface area contributed by atoms with Crippen LogP contribution in [0.25, 0.3) is 0 Å². The Labute approximate surface area is 208 Å². The smallest absolute Gasteiger partial charge is 0.322 e. The maximum absolute atomic E-state index is 11.9. The Morgan fingerprint density at radius 1 is 0.800 bits per heavy atom. The lowest BCUT2D eigenvalue weighted by Gasteiger charge is -2.34. The molecule has 2 saturated carbocycles. The van der Waals surface area contributed by atoms with E-state index in [9.17, 15) is 14.4 Å². The number of amides is 3. The summed E-state index contributed by atoms with van der Waals surface area (Å²) in [6.07, 6.45) is 6.61. The lowest BCUT2D eigenvalue weighted by atomic mass is 9.74. The van der Waals surface area contributed by atoms with E-state index in [2.05, 4.69) is 34.9 Å². The Kier molecular flexibility index (Phi) is 7.73. The second-order valence-electron chi connectivity index (χ2n) is 9.63. The monoisotopic (exact) mass is 482 g/mol. The predicted molar refractivity (Wildman–Crippen MR) is 135 cm³/mol. The molecule has 1 heterocycles. The topological polar surface area (TPSA) is 93.7 Å². The van der Waals surface area contributed by atoms with Crippen LogP contribution >= 0.6 is 0 Å². The van der Waals surface area contributed by atoms with E-state index in [-0.39, 0.29) is 13.4 Å². The standard InChI is InChI=1S/C15H18N2O3.C13H16O2.H2/c1-20-12-4-2-3-11(9-12)10-5-7-15(8-6-10)13(18)16-14(19)17-15;1-15-13-4-2-3-11(9-13)10-5-7-12(14)8-6-10;/h2-4,9-10H,5-8H2,1H3,(H2,16,17,18,19);2-4,9-10H,5-8H2,1H3;1H/i;;1+2. The number of nitrogens with one attached hydrogen (secondary N) is 2. The van der Waals surface area contributed by atoms with E-state index >= 15 is 0 Å². The quantitative estimate of drug-likeness (QED) is 0.592. The van der Waals surface area contributed by atoms with E-state index in [4.69, 9.17) is 9.47 Å². The minimum atomic E-state index is -0.674. The molecule has 1 aliphatic heterocycles. The summed E-state index contributed by atoms with van der Waals surface area (Å²) in [5.74, 6) is 2.96. The zero-order chi connectivity index (χ0) is 24.8. The van der Waals surface area contributed by atoms with E-state index in [1.165, 1.54) is 11.1 Å². The van der Waals surface area contributed by atoms with E-state index in [0.717, 1.165) is 50.0 Å². The van der Waals surface area contributed by atoms with Crippen molar-refractivity contribution in [3.63, 3.8) is 0 Å². The Balaban J connectivity index is 0.000000203. The molecule has 7 heteroatoms. The molecule has 0 unspecified atom stereocenters. The third kappa shape index (κ3) is 5.84. The molecular formula is C28H36N2O5. The van der Waals surface area contributed by atoms with Crippen LogP contribution in [0.4, 0.5) is 4.79 Å². The van der Waals surface area contributed by atoms with Crippen molar-refractivity contribution in [3.05, 3.63) is 59.7 Å². The number of imide groups is 1. The first kappa shape index (κ1) is 24.8. The van der Waals surface area contributed by atoms with Crippen molar-refractivity contribution in [2.45, 2.75) is 68.7 Å². The number of ketones is 1. The van der Waals surface area contributed by atoms with Gasteiger partial charge in [0, 0.05) is 14.3 Å². The molecule has 188 valence electrons. The molecule has 0 aromatic heterocycles. The first-order valence-electron chi connectivity index (χ1n) is 12.4. The molecule has 3 fully saturated rings. The average Bonchev–Trinajstić information content (AvgIpc) is 3.17. The van der Waals surface area contributed by atoms with Crippen LogP contribution in [0, 0.1) is 0 Å². The fourth-order valence-electron chi connectivity index (χ4n) is 5.39. The molecule has 5 rings (SSSR count). The Hall–Kier alpha value is -3.35. The van der Waals surface area contributed by atoms with Crippen molar-refractivity contribution in [2.75, 3.05) is 14.2 Å². The normalized spacial score (nSPS) is 24.3. The highest BCUT2D eigenvalue weighted by Crippen LogP contribution is 2.40. The second kappa shape index (κ2) is 10.9. The van der Waals surface area contributed by atoms with Crippen LogP contribution in [0.15, 0.2) is 48.5 Å². The zero-order valence-electron chi connectivity index (χ0n) is 20.5. The van der Waals surface area contributed by atoms with Gasteiger partial charge in [-0.3, -0.25) is 14.9 Å². The van der Waals surface area contributed by atoms with Crippen LogP contribution in [0.3, 0.4) is 0 Å². The van der Waals surface area contributed by atoms with Gasteiger partial charge in [-0.05, 0) is 85.8 Å². The Bertz CT molecular complexity index is 1070. The molecule has 2 N–H and O–H groups in total. The van der Waals surface area contributed by atoms with Crippen LogP contribution in [-0.2, 0) is 9.59 Å². The summed E-state index contributed by atoms with van der Waals surface area (Å²) in [6, 6.07) is 15.9. The number of Topliss-reactive ketones (excluding diaryl/α,β-unsaturated/α-hetero) is 1. The highest BCUT2D eigenvalue weighted by atomic mass is 16.5. The average molecular weight is 483 g/mol. The number of carbonyl (C=O) groups is 3. The molecular weight excluding hydrogens is 444 g/mol. The van der Waals surface area contributed by atoms with Crippen LogP contribution < -0.4 is 20.1 Å². The van der Waals surface area contributed by atoms with Crippen molar-refractivity contribution < 1.29 is 25.3 Å². The number of methoxy groups -OCH3 is 2. The fraction of sp³-hybridized carbons (Fsp3) is 0.464. The van der Waals surface area contributed by atoms with Gasteiger partial charge in [-0.25, -0.2) is 4.79 Å². The van der Waals surface area contributed by atoms with E-state index in [0.29, 0.717) is 30.5 Å². The van der Waals surface area contributed by atoms with Gasteiger partial charge < -0.3 is 14.8 Å². The highest BCUT2D eigenvalue weighted by Gasteiger charge is 2.48. The zero-order valence-corrected chi connectivity index (χ0v) is 20.5. The maximum Gasteiger partial charge on any atom is 0.322 e. The van der Waals surface area contributed by atoms with E-state index in [1.807, 2.05) is 24.3 Å². The van der Waals surface area contributed by atoms with Gasteiger partial charge in [-0.2, -0.15) is 0 Å². The molecule has 35 heavy (non-hydrogen) atoms. The van der Waals surface area contributed by atoms with Gasteiger partial charge in [0.1, 0.15) is 22.8 Å². The molecule has 2 aromatic rings. The van der Waals surface area contributed by atoms with Gasteiger partial charge in [0.25, 0.3) is 5.91 Å². The first-order chi connectivity index (χ1) is 16.9. The van der Waals surface area contributed by atoms with Gasteiger partial charge in [-0.1, -0.05) is 24.3 Å². The van der Waals surface area contributed by atoms with Gasteiger partial charge in [0.05, 0.1) is 14.2 Å². The van der Waals surface area contributed by atoms with Gasteiger partial charge in [0.2, 0.25) is 0 Å². The van der Waals surface area contributed by atoms with Crippen molar-refractivity contribution in [2.24, 2.45) is 0 Å². The largest absolute Gasteiger partial charge is 0.497 e. The summed E-state index contributed by atoms with van der Waals surface area (Å²) in [4.78, 5) is 34.3. The predicted octanol–water partition coefficient (Wildman–Crippen LogP) is 5.10. The summed E-state index contributed by atoms with van der Waals surface area (Å²) in [5, 5.41) is 5.13. The fourth-order valence-corrected chi connectivity index (χ4v) is 5.39. The number of hydrogen-bond acceptors (Lipinski definition) is 5. The number of carbonyl (C=O) groups excluding carboxylic acids is 3. The van der Waals surface area contributed by atoms with E-state index < -0.39 is 5.54 Å². The van der Waals surface area contributed by atoms with E-state index in [1.54, 1.807) is 14.2 Å². The van der Waals surface area contributed by atoms with Crippen molar-refractivity contribution in [1.29, 1.82) is 0 Å². The summed E-state index contributed by atoms with van der Waals surface area (Å²) >= 11 is 0. The Morgan fingerprint density at radius 3 is 1.77 bits per heavy atom. The van der Waals surface area contributed by atoms with Gasteiger partial charge in [0.15, 0.2) is 0 Å². The molecule has 0 radical (unpaired) electrons. The molecule has 2 aliphatic carbocycles. The summed E-state index contributed by atoms with van der Waals surface area (Å²) < 4.78 is 10.4. The minimum absolute atomic E-state index is 0. The first-order valence-corrected chi connectivity index (χ1v) is 12.4. The molecule has 1 spiro atoms. The second-order valence-corrected chi connectivity index (χ2v) is 9.63. The van der Waals surface area contributed by atoms with Gasteiger partial charge in [-0.15, -0.1) is 0 Å². The molecule has 3 amide bonds. The number of urea groups is 1. The molecule has 2 aromatic carbocycles. The van der Waals surface area contributed by atoms with Crippen LogP contribution in [0.1, 0.15) is 75.8 Å². The number of rotatable bonds is 4. The van der Waals surface area contributed by atoms with Crippen molar-refractivity contribution >= 4 is 17.7 Å². The number of ether oxygens (including phenoxy) is 2. The number of benzene rings is 2. The summed E-state index contributed by atoms with van der Waals surface area (Å²) in [7, 11) is 3.34. The highest BCUT2D eigenvalue weighted by molar-refractivity contribution is 6.07. The number of hydrogen-bond donors (Lipinski definition) is 2. The van der Waals surface area contributed by atoms with Crippen LogP contribution in [0.2, 0.25) is 0 Å². The third-order valence-corrected chi connectivity index (χ3v) is 7.53. The summed E-state index contributed by atoms with van der Waals surface area (Å²) in [5.41, 5.74) is 1.87. The molecule has 7 nitrogen and oxygen atoms in total. The lowest BCUT2D eigenvalue weighted by molar-refractivity contribution is -0.125. The Morgan fingerprint density at radius 2 is 1.31 bits per heavy atom. The molecule has 0 atom stereocenters.